The van der Waals surface area contributed by atoms with E-state index in [-0.39, 0.29) is 11.4 Å². The lowest BCUT2D eigenvalue weighted by Gasteiger charge is -2.05. The van der Waals surface area contributed by atoms with Crippen molar-refractivity contribution in [2.45, 2.75) is 6.92 Å². The minimum Gasteiger partial charge on any atom is -0.487 e. The number of benzene rings is 1. The summed E-state index contributed by atoms with van der Waals surface area (Å²) in [6.45, 7) is 2.13. The van der Waals surface area contributed by atoms with Crippen molar-refractivity contribution in [1.29, 1.82) is 0 Å². The van der Waals surface area contributed by atoms with Gasteiger partial charge in [-0.05, 0) is 22.9 Å². The predicted octanol–water partition coefficient (Wildman–Crippen LogP) is 3.41. The molecular formula is C8H7BrClNO3. The maximum atomic E-state index is 10.6. The molecule has 0 bridgehead atoms. The molecule has 4 nitrogen and oxygen atoms in total. The molecule has 0 spiro atoms. The molecule has 0 heterocycles. The van der Waals surface area contributed by atoms with Gasteiger partial charge in [-0.25, -0.2) is 0 Å². The molecule has 14 heavy (non-hydrogen) atoms. The van der Waals surface area contributed by atoms with E-state index in [0.717, 1.165) is 0 Å². The topological polar surface area (TPSA) is 52.4 Å². The molecule has 1 aromatic rings. The lowest BCUT2D eigenvalue weighted by atomic mass is 10.3. The molecule has 0 unspecified atom stereocenters. The average Bonchev–Trinajstić information content (AvgIpc) is 2.11. The number of hydrogen-bond donors (Lipinski definition) is 0. The van der Waals surface area contributed by atoms with Crippen LogP contribution in [0.5, 0.6) is 5.75 Å². The van der Waals surface area contributed by atoms with Gasteiger partial charge in [0.25, 0.3) is 0 Å². The summed E-state index contributed by atoms with van der Waals surface area (Å²) in [4.78, 5) is 10.1. The van der Waals surface area contributed by atoms with Crippen LogP contribution in [0.25, 0.3) is 0 Å². The maximum absolute atomic E-state index is 10.6. The standard InChI is InChI=1S/C8H7BrClNO3/c1-2-14-8-3-5(9)6(10)4-7(8)11(12)13/h3-4H,2H2,1H3. The van der Waals surface area contributed by atoms with Crippen LogP contribution >= 0.6 is 27.5 Å². The Hall–Kier alpha value is -0.810. The summed E-state index contributed by atoms with van der Waals surface area (Å²) >= 11 is 8.89. The van der Waals surface area contributed by atoms with Gasteiger partial charge in [0.05, 0.1) is 16.6 Å². The van der Waals surface area contributed by atoms with Gasteiger partial charge in [-0.15, -0.1) is 0 Å². The zero-order valence-corrected chi connectivity index (χ0v) is 9.63. The van der Waals surface area contributed by atoms with Crippen LogP contribution < -0.4 is 4.74 Å². The molecule has 76 valence electrons. The van der Waals surface area contributed by atoms with Gasteiger partial charge in [-0.3, -0.25) is 10.1 Å². The Morgan fingerprint density at radius 1 is 1.64 bits per heavy atom. The summed E-state index contributed by atoms with van der Waals surface area (Å²) < 4.78 is 5.68. The fourth-order valence-corrected chi connectivity index (χ4v) is 1.41. The van der Waals surface area contributed by atoms with E-state index in [4.69, 9.17) is 16.3 Å². The van der Waals surface area contributed by atoms with E-state index in [1.165, 1.54) is 12.1 Å². The Balaban J connectivity index is 3.24. The monoisotopic (exact) mass is 279 g/mol. The normalized spacial score (nSPS) is 9.93. The smallest absolute Gasteiger partial charge is 0.312 e. The number of ether oxygens (including phenoxy) is 1. The summed E-state index contributed by atoms with van der Waals surface area (Å²) in [5, 5.41) is 10.9. The average molecular weight is 281 g/mol. The highest BCUT2D eigenvalue weighted by atomic mass is 79.9. The molecule has 0 aliphatic carbocycles. The van der Waals surface area contributed by atoms with Crippen molar-refractivity contribution in [3.8, 4) is 5.75 Å². The second kappa shape index (κ2) is 4.61. The van der Waals surface area contributed by atoms with E-state index in [9.17, 15) is 10.1 Å². The maximum Gasteiger partial charge on any atom is 0.312 e. The first kappa shape index (κ1) is 11.3. The van der Waals surface area contributed by atoms with Gasteiger partial charge in [-0.2, -0.15) is 0 Å². The Morgan fingerprint density at radius 2 is 2.29 bits per heavy atom. The first-order valence-corrected chi connectivity index (χ1v) is 4.99. The summed E-state index contributed by atoms with van der Waals surface area (Å²) in [7, 11) is 0. The molecule has 0 amide bonds. The lowest BCUT2D eigenvalue weighted by Crippen LogP contribution is -1.97. The van der Waals surface area contributed by atoms with Crippen molar-refractivity contribution in [2.75, 3.05) is 6.61 Å². The molecule has 0 aromatic heterocycles. The zero-order chi connectivity index (χ0) is 10.7. The van der Waals surface area contributed by atoms with Gasteiger partial charge in [0.1, 0.15) is 0 Å². The minimum atomic E-state index is -0.524. The molecule has 0 atom stereocenters. The molecule has 1 rings (SSSR count). The van der Waals surface area contributed by atoms with Crippen molar-refractivity contribution < 1.29 is 9.66 Å². The van der Waals surface area contributed by atoms with E-state index in [1.54, 1.807) is 6.92 Å². The fraction of sp³-hybridized carbons (Fsp3) is 0.250. The molecule has 0 aliphatic rings. The Morgan fingerprint density at radius 3 is 2.79 bits per heavy atom. The Kier molecular flexibility index (Phi) is 3.71. The van der Waals surface area contributed by atoms with Crippen LogP contribution in [0.15, 0.2) is 16.6 Å². The van der Waals surface area contributed by atoms with E-state index >= 15 is 0 Å². The van der Waals surface area contributed by atoms with Gasteiger partial charge in [0, 0.05) is 16.6 Å². The van der Waals surface area contributed by atoms with Gasteiger partial charge in [0.2, 0.25) is 0 Å². The number of nitro benzene ring substituents is 1. The third-order valence-corrected chi connectivity index (χ3v) is 2.70. The quantitative estimate of drug-likeness (QED) is 0.630. The van der Waals surface area contributed by atoms with Gasteiger partial charge in [-0.1, -0.05) is 11.6 Å². The van der Waals surface area contributed by atoms with Crippen LogP contribution in [0.4, 0.5) is 5.69 Å². The number of rotatable bonds is 3. The molecule has 0 saturated heterocycles. The highest BCUT2D eigenvalue weighted by Gasteiger charge is 2.17. The summed E-state index contributed by atoms with van der Waals surface area (Å²) in [6, 6.07) is 2.75. The highest BCUT2D eigenvalue weighted by molar-refractivity contribution is 9.10. The minimum absolute atomic E-state index is 0.125. The first-order valence-electron chi connectivity index (χ1n) is 3.82. The van der Waals surface area contributed by atoms with Crippen molar-refractivity contribution in [1.82, 2.24) is 0 Å². The van der Waals surface area contributed by atoms with Crippen molar-refractivity contribution in [3.63, 3.8) is 0 Å². The van der Waals surface area contributed by atoms with Crippen molar-refractivity contribution in [3.05, 3.63) is 31.7 Å². The molecule has 0 N–H and O–H groups in total. The van der Waals surface area contributed by atoms with E-state index < -0.39 is 4.92 Å². The first-order chi connectivity index (χ1) is 6.56. The molecule has 0 saturated carbocycles. The molecule has 6 heteroatoms. The second-order valence-corrected chi connectivity index (χ2v) is 3.69. The van der Waals surface area contributed by atoms with E-state index in [1.807, 2.05) is 0 Å². The van der Waals surface area contributed by atoms with Crippen LogP contribution in [0.2, 0.25) is 5.02 Å². The molecule has 0 radical (unpaired) electrons. The molecule has 0 aliphatic heterocycles. The summed E-state index contributed by atoms with van der Waals surface area (Å²) in [5.74, 6) is 0.216. The van der Waals surface area contributed by atoms with Crippen LogP contribution in [-0.4, -0.2) is 11.5 Å². The molecule has 0 fully saturated rings. The number of nitro groups is 1. The zero-order valence-electron chi connectivity index (χ0n) is 7.29. The molecule has 1 aromatic carbocycles. The fourth-order valence-electron chi connectivity index (χ4n) is 0.932. The van der Waals surface area contributed by atoms with Gasteiger partial charge < -0.3 is 4.74 Å². The highest BCUT2D eigenvalue weighted by Crippen LogP contribution is 2.35. The van der Waals surface area contributed by atoms with Crippen molar-refractivity contribution >= 4 is 33.2 Å². The number of hydrogen-bond acceptors (Lipinski definition) is 3. The lowest BCUT2D eigenvalue weighted by molar-refractivity contribution is -0.385. The Labute approximate surface area is 94.1 Å². The third kappa shape index (κ3) is 2.36. The van der Waals surface area contributed by atoms with Crippen LogP contribution in [0, 0.1) is 10.1 Å². The van der Waals surface area contributed by atoms with Crippen LogP contribution in [0.3, 0.4) is 0 Å². The van der Waals surface area contributed by atoms with E-state index in [2.05, 4.69) is 15.9 Å². The van der Waals surface area contributed by atoms with Crippen LogP contribution in [-0.2, 0) is 0 Å². The van der Waals surface area contributed by atoms with Crippen molar-refractivity contribution in [2.24, 2.45) is 0 Å². The SMILES string of the molecule is CCOc1cc(Br)c(Cl)cc1[N+](=O)[O-]. The van der Waals surface area contributed by atoms with E-state index in [0.29, 0.717) is 16.1 Å². The second-order valence-electron chi connectivity index (χ2n) is 2.42. The summed E-state index contributed by atoms with van der Waals surface area (Å²) in [6.07, 6.45) is 0. The van der Waals surface area contributed by atoms with Gasteiger partial charge >= 0.3 is 5.69 Å². The Bertz CT molecular complexity index is 370. The predicted molar refractivity (Wildman–Crippen MR) is 57.0 cm³/mol. The number of nitrogens with zero attached hydrogens (tertiary/aromatic N) is 1. The number of halogens is 2. The van der Waals surface area contributed by atoms with Gasteiger partial charge in [0.15, 0.2) is 5.75 Å². The largest absolute Gasteiger partial charge is 0.487 e. The molecular weight excluding hydrogens is 273 g/mol. The third-order valence-electron chi connectivity index (χ3n) is 1.50. The summed E-state index contributed by atoms with van der Waals surface area (Å²) in [5.41, 5.74) is -0.125. The van der Waals surface area contributed by atoms with Crippen LogP contribution in [0.1, 0.15) is 6.92 Å².